The quantitative estimate of drug-likeness (QED) is 0.888. The molecule has 1 N–H and O–H groups in total. The van der Waals surface area contributed by atoms with E-state index in [0.29, 0.717) is 17.9 Å². The Morgan fingerprint density at radius 3 is 2.82 bits per heavy atom. The van der Waals surface area contributed by atoms with Gasteiger partial charge in [0.15, 0.2) is 0 Å². The van der Waals surface area contributed by atoms with Crippen molar-refractivity contribution in [3.8, 4) is 5.75 Å². The second-order valence-electron chi connectivity index (χ2n) is 5.40. The number of nitrogens with one attached hydrogen (secondary N) is 1. The van der Waals surface area contributed by atoms with E-state index in [-0.39, 0.29) is 11.9 Å². The summed E-state index contributed by atoms with van der Waals surface area (Å²) in [4.78, 5) is 12.1. The molecule has 1 aromatic carbocycles. The van der Waals surface area contributed by atoms with Crippen molar-refractivity contribution in [2.24, 2.45) is 0 Å². The van der Waals surface area contributed by atoms with E-state index in [2.05, 4.69) is 10.5 Å². The number of nitrogens with zero attached hydrogens (tertiary/aromatic N) is 1. The molecule has 0 unspecified atom stereocenters. The van der Waals surface area contributed by atoms with E-state index in [1.165, 1.54) is 0 Å². The summed E-state index contributed by atoms with van der Waals surface area (Å²) in [6.07, 6.45) is 0.897. The lowest BCUT2D eigenvalue weighted by Gasteiger charge is -2.12. The molecule has 0 aliphatic heterocycles. The van der Waals surface area contributed by atoms with E-state index in [9.17, 15) is 4.79 Å². The van der Waals surface area contributed by atoms with Crippen molar-refractivity contribution in [1.29, 1.82) is 0 Å². The van der Waals surface area contributed by atoms with Crippen LogP contribution in [0, 0.1) is 13.8 Å². The van der Waals surface area contributed by atoms with E-state index in [1.54, 1.807) is 12.1 Å². The molecule has 1 heterocycles. The van der Waals surface area contributed by atoms with Gasteiger partial charge in [0.05, 0.1) is 11.3 Å². The molecule has 0 bridgehead atoms. The van der Waals surface area contributed by atoms with Crippen LogP contribution < -0.4 is 10.1 Å². The summed E-state index contributed by atoms with van der Waals surface area (Å²) in [6, 6.07) is 7.32. The van der Waals surface area contributed by atoms with Crippen LogP contribution in [0.15, 0.2) is 28.8 Å². The highest BCUT2D eigenvalue weighted by molar-refractivity contribution is 5.94. The Hall–Kier alpha value is -2.30. The highest BCUT2D eigenvalue weighted by Gasteiger charge is 2.12. The van der Waals surface area contributed by atoms with E-state index in [4.69, 9.17) is 9.26 Å². The van der Waals surface area contributed by atoms with Crippen LogP contribution in [0.5, 0.6) is 5.75 Å². The average molecular weight is 302 g/mol. The van der Waals surface area contributed by atoms with Gasteiger partial charge in [-0.2, -0.15) is 0 Å². The van der Waals surface area contributed by atoms with Crippen LogP contribution in [0.1, 0.15) is 47.6 Å². The molecular weight excluding hydrogens is 280 g/mol. The van der Waals surface area contributed by atoms with Gasteiger partial charge in [-0.05, 0) is 45.4 Å². The number of ether oxygens (including phenoxy) is 1. The summed E-state index contributed by atoms with van der Waals surface area (Å²) in [6.45, 7) is 8.13. The summed E-state index contributed by atoms with van der Waals surface area (Å²) in [5.41, 5.74) is 2.36. The van der Waals surface area contributed by atoms with Gasteiger partial charge in [-0.15, -0.1) is 0 Å². The molecule has 5 heteroatoms. The lowest BCUT2D eigenvalue weighted by atomic mass is 10.1. The van der Waals surface area contributed by atoms with E-state index < -0.39 is 0 Å². The maximum Gasteiger partial charge on any atom is 0.251 e. The average Bonchev–Trinajstić information content (AvgIpc) is 2.84. The normalized spacial score (nSPS) is 12.0. The largest absolute Gasteiger partial charge is 0.489 e. The van der Waals surface area contributed by atoms with Crippen molar-refractivity contribution >= 4 is 5.91 Å². The lowest BCUT2D eigenvalue weighted by Crippen LogP contribution is -2.31. The Labute approximate surface area is 130 Å². The third kappa shape index (κ3) is 3.87. The predicted octanol–water partition coefficient (Wildman–Crippen LogP) is 3.40. The van der Waals surface area contributed by atoms with Gasteiger partial charge < -0.3 is 14.6 Å². The molecular formula is C17H22N2O3. The minimum Gasteiger partial charge on any atom is -0.489 e. The molecule has 0 fully saturated rings. The van der Waals surface area contributed by atoms with Crippen molar-refractivity contribution in [2.45, 2.75) is 46.8 Å². The molecule has 0 aliphatic carbocycles. The van der Waals surface area contributed by atoms with Crippen LogP contribution in [0.3, 0.4) is 0 Å². The smallest absolute Gasteiger partial charge is 0.251 e. The van der Waals surface area contributed by atoms with E-state index >= 15 is 0 Å². The lowest BCUT2D eigenvalue weighted by molar-refractivity contribution is 0.0938. The zero-order chi connectivity index (χ0) is 16.1. The van der Waals surface area contributed by atoms with Gasteiger partial charge in [-0.3, -0.25) is 4.79 Å². The standard InChI is InChI=1S/C17H22N2O3/c1-5-11(2)18-17(20)14-7-6-8-15(9-14)21-10-16-12(3)19-22-13(16)4/h6-9,11H,5,10H2,1-4H3,(H,18,20)/t11-/m1/s1. The Bertz CT molecular complexity index is 630. The highest BCUT2D eigenvalue weighted by atomic mass is 16.5. The van der Waals surface area contributed by atoms with Crippen molar-refractivity contribution in [1.82, 2.24) is 10.5 Å². The molecule has 22 heavy (non-hydrogen) atoms. The number of rotatable bonds is 6. The fourth-order valence-electron chi connectivity index (χ4n) is 2.00. The van der Waals surface area contributed by atoms with Crippen molar-refractivity contribution in [3.05, 3.63) is 46.8 Å². The van der Waals surface area contributed by atoms with Crippen LogP contribution in [-0.2, 0) is 6.61 Å². The Morgan fingerprint density at radius 1 is 1.41 bits per heavy atom. The molecule has 5 nitrogen and oxygen atoms in total. The van der Waals surface area contributed by atoms with Gasteiger partial charge in [0.1, 0.15) is 18.1 Å². The minimum atomic E-state index is -0.0860. The number of hydrogen-bond acceptors (Lipinski definition) is 4. The Balaban J connectivity index is 2.04. The van der Waals surface area contributed by atoms with Gasteiger partial charge in [0.25, 0.3) is 5.91 Å². The first-order valence-corrected chi connectivity index (χ1v) is 7.46. The molecule has 0 saturated carbocycles. The fraction of sp³-hybridized carbons (Fsp3) is 0.412. The number of aryl methyl sites for hydroxylation is 2. The molecule has 1 amide bonds. The molecule has 2 rings (SSSR count). The summed E-state index contributed by atoms with van der Waals surface area (Å²) in [5.74, 6) is 1.32. The molecule has 2 aromatic rings. The molecule has 1 aromatic heterocycles. The SMILES string of the molecule is CC[C@@H](C)NC(=O)c1cccc(OCc2c(C)noc2C)c1. The number of carbonyl (C=O) groups excluding carboxylic acids is 1. The van der Waals surface area contributed by atoms with Crippen molar-refractivity contribution < 1.29 is 14.1 Å². The summed E-state index contributed by atoms with van der Waals surface area (Å²) < 4.78 is 10.9. The number of aromatic nitrogens is 1. The second-order valence-corrected chi connectivity index (χ2v) is 5.40. The first-order chi connectivity index (χ1) is 10.5. The number of carbonyl (C=O) groups is 1. The Kier molecular flexibility index (Phi) is 5.20. The van der Waals surface area contributed by atoms with Crippen LogP contribution in [0.25, 0.3) is 0 Å². The predicted molar refractivity (Wildman–Crippen MR) is 84.0 cm³/mol. The van der Waals surface area contributed by atoms with Crippen LogP contribution in [0.2, 0.25) is 0 Å². The monoisotopic (exact) mass is 302 g/mol. The van der Waals surface area contributed by atoms with Crippen molar-refractivity contribution in [3.63, 3.8) is 0 Å². The fourth-order valence-corrected chi connectivity index (χ4v) is 2.00. The van der Waals surface area contributed by atoms with E-state index in [0.717, 1.165) is 23.4 Å². The molecule has 0 aliphatic rings. The molecule has 0 saturated heterocycles. The summed E-state index contributed by atoms with van der Waals surface area (Å²) in [5, 5.41) is 6.84. The van der Waals surface area contributed by atoms with Gasteiger partial charge in [0.2, 0.25) is 0 Å². The van der Waals surface area contributed by atoms with Crippen LogP contribution >= 0.6 is 0 Å². The molecule has 118 valence electrons. The maximum atomic E-state index is 12.1. The first-order valence-electron chi connectivity index (χ1n) is 7.46. The zero-order valence-corrected chi connectivity index (χ0v) is 13.5. The minimum absolute atomic E-state index is 0.0860. The van der Waals surface area contributed by atoms with Gasteiger partial charge in [-0.25, -0.2) is 0 Å². The van der Waals surface area contributed by atoms with Gasteiger partial charge in [0, 0.05) is 11.6 Å². The summed E-state index contributed by atoms with van der Waals surface area (Å²) >= 11 is 0. The second kappa shape index (κ2) is 7.11. The van der Waals surface area contributed by atoms with E-state index in [1.807, 2.05) is 39.8 Å². The summed E-state index contributed by atoms with van der Waals surface area (Å²) in [7, 11) is 0. The zero-order valence-electron chi connectivity index (χ0n) is 13.5. The highest BCUT2D eigenvalue weighted by Crippen LogP contribution is 2.18. The molecule has 1 atom stereocenters. The maximum absolute atomic E-state index is 12.1. The van der Waals surface area contributed by atoms with Crippen LogP contribution in [0.4, 0.5) is 0 Å². The van der Waals surface area contributed by atoms with Crippen molar-refractivity contribution in [2.75, 3.05) is 0 Å². The van der Waals surface area contributed by atoms with Gasteiger partial charge >= 0.3 is 0 Å². The van der Waals surface area contributed by atoms with Gasteiger partial charge in [-0.1, -0.05) is 18.1 Å². The number of benzene rings is 1. The first kappa shape index (κ1) is 16.1. The third-order valence-corrected chi connectivity index (χ3v) is 3.65. The van der Waals surface area contributed by atoms with Crippen LogP contribution in [-0.4, -0.2) is 17.1 Å². The molecule has 0 spiro atoms. The molecule has 0 radical (unpaired) electrons. The number of amides is 1. The topological polar surface area (TPSA) is 64.4 Å². The number of hydrogen-bond donors (Lipinski definition) is 1. The third-order valence-electron chi connectivity index (χ3n) is 3.65. The Morgan fingerprint density at radius 2 is 2.18 bits per heavy atom.